The molecular formula is C56H53BN2O. The minimum absolute atomic E-state index is 0.0273. The van der Waals surface area contributed by atoms with Crippen LogP contribution in [0.2, 0.25) is 0 Å². The fourth-order valence-corrected chi connectivity index (χ4v) is 10.8. The van der Waals surface area contributed by atoms with Crippen LogP contribution in [0.15, 0.2) is 138 Å². The Labute approximate surface area is 355 Å². The maximum absolute atomic E-state index is 6.56. The average Bonchev–Trinajstić information content (AvgIpc) is 3.61. The molecule has 3 aliphatic rings. The van der Waals surface area contributed by atoms with Gasteiger partial charge in [0.05, 0.1) is 11.1 Å². The van der Waals surface area contributed by atoms with Crippen molar-refractivity contribution in [2.24, 2.45) is 0 Å². The van der Waals surface area contributed by atoms with Crippen molar-refractivity contribution < 1.29 is 4.42 Å². The third-order valence-electron chi connectivity index (χ3n) is 14.2. The van der Waals surface area contributed by atoms with E-state index in [2.05, 4.69) is 206 Å². The molecule has 0 spiro atoms. The predicted molar refractivity (Wildman–Crippen MR) is 257 cm³/mol. The maximum atomic E-state index is 6.56. The molecule has 4 heteroatoms. The van der Waals surface area contributed by atoms with Crippen LogP contribution in [0, 0.1) is 13.8 Å². The van der Waals surface area contributed by atoms with E-state index in [0.29, 0.717) is 0 Å². The van der Waals surface area contributed by atoms with Gasteiger partial charge < -0.3 is 14.2 Å². The summed E-state index contributed by atoms with van der Waals surface area (Å²) in [5.41, 5.74) is 22.6. The number of furan rings is 1. The fraction of sp³-hybridized carbons (Fsp3) is 0.250. The Morgan fingerprint density at radius 2 is 1.18 bits per heavy atom. The lowest BCUT2D eigenvalue weighted by atomic mass is 9.33. The van der Waals surface area contributed by atoms with Gasteiger partial charge in [0, 0.05) is 33.8 Å². The van der Waals surface area contributed by atoms with Crippen LogP contribution >= 0.6 is 0 Å². The van der Waals surface area contributed by atoms with Crippen LogP contribution in [-0.4, -0.2) is 6.71 Å². The largest absolute Gasteiger partial charge is 0.456 e. The fourth-order valence-electron chi connectivity index (χ4n) is 10.8. The number of fused-ring (bicyclic) bond motifs is 8. The second kappa shape index (κ2) is 12.8. The molecule has 60 heavy (non-hydrogen) atoms. The van der Waals surface area contributed by atoms with Crippen LogP contribution < -0.4 is 26.2 Å². The molecule has 8 aromatic rings. The Morgan fingerprint density at radius 1 is 0.533 bits per heavy atom. The Bertz CT molecular complexity index is 3070. The summed E-state index contributed by atoms with van der Waals surface area (Å²) in [6, 6.07) is 50.4. The number of hydrogen-bond donors (Lipinski definition) is 0. The van der Waals surface area contributed by atoms with E-state index in [-0.39, 0.29) is 23.0 Å². The van der Waals surface area contributed by atoms with E-state index in [1.54, 1.807) is 0 Å². The molecule has 0 atom stereocenters. The van der Waals surface area contributed by atoms with E-state index in [1.807, 2.05) is 0 Å². The van der Waals surface area contributed by atoms with E-state index >= 15 is 0 Å². The number of anilines is 6. The quantitative estimate of drug-likeness (QED) is 0.167. The van der Waals surface area contributed by atoms with Crippen molar-refractivity contribution in [2.45, 2.75) is 91.4 Å². The highest BCUT2D eigenvalue weighted by atomic mass is 16.3. The summed E-state index contributed by atoms with van der Waals surface area (Å²) in [5, 5.41) is 2.28. The van der Waals surface area contributed by atoms with Gasteiger partial charge >= 0.3 is 0 Å². The molecule has 2 aliphatic heterocycles. The van der Waals surface area contributed by atoms with Gasteiger partial charge in [-0.3, -0.25) is 0 Å². The third-order valence-corrected chi connectivity index (χ3v) is 14.2. The van der Waals surface area contributed by atoms with Crippen LogP contribution in [0.4, 0.5) is 34.1 Å². The molecule has 0 amide bonds. The Balaban J connectivity index is 1.28. The Morgan fingerprint density at radius 3 is 1.92 bits per heavy atom. The summed E-state index contributed by atoms with van der Waals surface area (Å²) in [7, 11) is 0. The van der Waals surface area contributed by atoms with Crippen molar-refractivity contribution in [3.63, 3.8) is 0 Å². The highest BCUT2D eigenvalue weighted by molar-refractivity contribution is 7.00. The summed E-state index contributed by atoms with van der Waals surface area (Å²) in [4.78, 5) is 5.21. The highest BCUT2D eigenvalue weighted by Crippen LogP contribution is 2.52. The van der Waals surface area contributed by atoms with Crippen LogP contribution in [0.1, 0.15) is 89.1 Å². The molecule has 1 aliphatic carbocycles. The smallest absolute Gasteiger partial charge is 0.252 e. The van der Waals surface area contributed by atoms with Gasteiger partial charge in [-0.05, 0) is 147 Å². The van der Waals surface area contributed by atoms with Crippen LogP contribution in [0.3, 0.4) is 0 Å². The summed E-state index contributed by atoms with van der Waals surface area (Å²) in [6.45, 7) is 21.5. The summed E-state index contributed by atoms with van der Waals surface area (Å²) in [6.07, 6.45) is 2.33. The van der Waals surface area contributed by atoms with E-state index < -0.39 is 0 Å². The molecule has 3 heterocycles. The van der Waals surface area contributed by atoms with Gasteiger partial charge in [-0.1, -0.05) is 133 Å². The van der Waals surface area contributed by atoms with Gasteiger partial charge in [0.15, 0.2) is 0 Å². The SMILES string of the molecule is Cc1cc2c3c(c1)N(c1cccc4oc5ccccc5c14)c1ccc(C(C)(C)C)cc1B3c1cc3c(cc1N2c1cc(-c2ccccc2)ccc1C)C(C)(C)CCC3(C)C. The minimum atomic E-state index is -0.0304. The molecule has 0 unspecified atom stereocenters. The first kappa shape index (κ1) is 37.0. The topological polar surface area (TPSA) is 19.6 Å². The van der Waals surface area contributed by atoms with Gasteiger partial charge in [0.25, 0.3) is 6.71 Å². The number of aryl methyl sites for hydroxylation is 2. The number of nitrogens with zero attached hydrogens (tertiary/aromatic N) is 2. The normalized spacial score (nSPS) is 16.1. The molecule has 296 valence electrons. The molecule has 11 rings (SSSR count). The van der Waals surface area contributed by atoms with Gasteiger partial charge in [0.1, 0.15) is 11.2 Å². The molecular weight excluding hydrogens is 727 g/mol. The highest BCUT2D eigenvalue weighted by Gasteiger charge is 2.47. The summed E-state index contributed by atoms with van der Waals surface area (Å²) >= 11 is 0. The average molecular weight is 781 g/mol. The van der Waals surface area contributed by atoms with Crippen molar-refractivity contribution in [3.8, 4) is 11.1 Å². The van der Waals surface area contributed by atoms with E-state index in [4.69, 9.17) is 4.42 Å². The van der Waals surface area contributed by atoms with Gasteiger partial charge in [-0.2, -0.15) is 0 Å². The molecule has 0 fully saturated rings. The summed E-state index contributed by atoms with van der Waals surface area (Å²) < 4.78 is 6.56. The first-order valence-electron chi connectivity index (χ1n) is 21.8. The zero-order chi connectivity index (χ0) is 41.5. The summed E-state index contributed by atoms with van der Waals surface area (Å²) in [5.74, 6) is 0. The van der Waals surface area contributed by atoms with Crippen LogP contribution in [-0.2, 0) is 16.2 Å². The number of benzene rings is 7. The third kappa shape index (κ3) is 5.42. The monoisotopic (exact) mass is 780 g/mol. The zero-order valence-corrected chi connectivity index (χ0v) is 36.5. The maximum Gasteiger partial charge on any atom is 0.252 e. The van der Waals surface area contributed by atoms with Gasteiger partial charge in [-0.25, -0.2) is 0 Å². The van der Waals surface area contributed by atoms with Crippen molar-refractivity contribution in [1.82, 2.24) is 0 Å². The number of para-hydroxylation sites is 1. The van der Waals surface area contributed by atoms with Crippen LogP contribution in [0.5, 0.6) is 0 Å². The Kier molecular flexibility index (Phi) is 7.87. The van der Waals surface area contributed by atoms with E-state index in [0.717, 1.165) is 27.6 Å². The predicted octanol–water partition coefficient (Wildman–Crippen LogP) is 13.6. The minimum Gasteiger partial charge on any atom is -0.456 e. The molecule has 0 radical (unpaired) electrons. The first-order chi connectivity index (χ1) is 28.7. The molecule has 1 aromatic heterocycles. The van der Waals surface area contributed by atoms with Gasteiger partial charge in [-0.15, -0.1) is 0 Å². The van der Waals surface area contributed by atoms with Gasteiger partial charge in [0.2, 0.25) is 0 Å². The molecule has 0 bridgehead atoms. The second-order valence-corrected chi connectivity index (χ2v) is 20.2. The molecule has 3 nitrogen and oxygen atoms in total. The van der Waals surface area contributed by atoms with Crippen LogP contribution in [0.25, 0.3) is 33.1 Å². The van der Waals surface area contributed by atoms with E-state index in [1.165, 1.54) is 96.6 Å². The van der Waals surface area contributed by atoms with Crippen molar-refractivity contribution in [2.75, 3.05) is 9.80 Å². The lowest BCUT2D eigenvalue weighted by Gasteiger charge is -2.48. The number of rotatable bonds is 3. The zero-order valence-electron chi connectivity index (χ0n) is 36.5. The molecule has 0 N–H and O–H groups in total. The standard InChI is InChI=1S/C56H53BN2O/c1-34-28-48-53-49(29-34)59(46-30-37(23-22-35(46)2)36-16-11-10-12-17-36)47-33-41-40(55(6,7)26-27-56(41,8)9)32-43(47)57(53)42-31-38(54(3,4)5)24-25-44(42)58(48)45-19-15-21-51-52(45)39-18-13-14-20-50(39)60-51/h10-25,28-33H,26-27H2,1-9H3. The van der Waals surface area contributed by atoms with Crippen molar-refractivity contribution in [1.29, 1.82) is 0 Å². The second-order valence-electron chi connectivity index (χ2n) is 20.2. The molecule has 0 saturated carbocycles. The lowest BCUT2D eigenvalue weighted by Crippen LogP contribution is -2.62. The Hall–Kier alpha value is -6.00. The number of hydrogen-bond acceptors (Lipinski definition) is 3. The van der Waals surface area contributed by atoms with E-state index in [9.17, 15) is 0 Å². The van der Waals surface area contributed by atoms with Crippen molar-refractivity contribution >= 4 is 79.2 Å². The van der Waals surface area contributed by atoms with Crippen molar-refractivity contribution in [3.05, 3.63) is 161 Å². The first-order valence-corrected chi connectivity index (χ1v) is 21.8. The lowest BCUT2D eigenvalue weighted by molar-refractivity contribution is 0.332. The molecule has 7 aromatic carbocycles. The molecule has 0 saturated heterocycles.